The molecule has 0 bridgehead atoms. The minimum Gasteiger partial charge on any atom is -0.497 e. The molecule has 5 heteroatoms. The van der Waals surface area contributed by atoms with Crippen LogP contribution in [0.1, 0.15) is 16.7 Å². The van der Waals surface area contributed by atoms with Gasteiger partial charge in [-0.15, -0.1) is 0 Å². The van der Waals surface area contributed by atoms with Crippen LogP contribution in [-0.2, 0) is 17.8 Å². The number of ether oxygens (including phenoxy) is 1. The largest absolute Gasteiger partial charge is 0.497 e. The summed E-state index contributed by atoms with van der Waals surface area (Å²) in [6, 6.07) is 15.1. The minimum absolute atomic E-state index is 0.451. The summed E-state index contributed by atoms with van der Waals surface area (Å²) in [5, 5.41) is 12.1. The van der Waals surface area contributed by atoms with Crippen molar-refractivity contribution in [1.29, 1.82) is 0 Å². The molecule has 122 valence electrons. The number of hydrogen-bond acceptors (Lipinski definition) is 4. The summed E-state index contributed by atoms with van der Waals surface area (Å²) >= 11 is 0. The second-order valence-corrected chi connectivity index (χ2v) is 5.45. The van der Waals surface area contributed by atoms with Crippen molar-refractivity contribution in [3.05, 3.63) is 65.2 Å². The Morgan fingerprint density at radius 1 is 1.09 bits per heavy atom. The number of benzene rings is 2. The molecule has 0 aromatic heterocycles. The third-order valence-corrected chi connectivity index (χ3v) is 3.70. The fourth-order valence-corrected chi connectivity index (χ4v) is 2.28. The van der Waals surface area contributed by atoms with Gasteiger partial charge in [0.15, 0.2) is 0 Å². The second-order valence-electron chi connectivity index (χ2n) is 5.45. The molecular weight excluding hydrogens is 292 g/mol. The SMILES string of the molecule is COc1ccc(CC(NCc2ccc(C)cc2)C(=O)NO)cc1. The van der Waals surface area contributed by atoms with Crippen LogP contribution < -0.4 is 15.5 Å². The van der Waals surface area contributed by atoms with Crippen LogP contribution in [0.25, 0.3) is 0 Å². The normalized spacial score (nSPS) is 11.8. The van der Waals surface area contributed by atoms with E-state index in [1.807, 2.05) is 55.5 Å². The van der Waals surface area contributed by atoms with Crippen molar-refractivity contribution in [1.82, 2.24) is 10.8 Å². The molecule has 23 heavy (non-hydrogen) atoms. The molecule has 0 aliphatic carbocycles. The predicted molar refractivity (Wildman–Crippen MR) is 88.4 cm³/mol. The zero-order valence-corrected chi connectivity index (χ0v) is 13.4. The summed E-state index contributed by atoms with van der Waals surface area (Å²) < 4.78 is 5.12. The molecule has 2 aromatic rings. The number of rotatable bonds is 7. The van der Waals surface area contributed by atoms with Crippen molar-refractivity contribution in [3.63, 3.8) is 0 Å². The van der Waals surface area contributed by atoms with Crippen LogP contribution in [0.3, 0.4) is 0 Å². The van der Waals surface area contributed by atoms with Gasteiger partial charge in [-0.1, -0.05) is 42.0 Å². The van der Waals surface area contributed by atoms with Crippen LogP contribution in [0.5, 0.6) is 5.75 Å². The van der Waals surface area contributed by atoms with E-state index in [0.29, 0.717) is 13.0 Å². The smallest absolute Gasteiger partial charge is 0.260 e. The average molecular weight is 314 g/mol. The lowest BCUT2D eigenvalue weighted by atomic mass is 10.0. The van der Waals surface area contributed by atoms with Gasteiger partial charge in [0.05, 0.1) is 13.2 Å². The van der Waals surface area contributed by atoms with Crippen molar-refractivity contribution >= 4 is 5.91 Å². The molecule has 1 atom stereocenters. The molecule has 0 radical (unpaired) electrons. The molecule has 1 amide bonds. The molecule has 0 aliphatic heterocycles. The van der Waals surface area contributed by atoms with Gasteiger partial charge in [-0.2, -0.15) is 0 Å². The quantitative estimate of drug-likeness (QED) is 0.541. The van der Waals surface area contributed by atoms with E-state index in [-0.39, 0.29) is 0 Å². The van der Waals surface area contributed by atoms with Gasteiger partial charge < -0.3 is 10.1 Å². The Balaban J connectivity index is 2.01. The summed E-state index contributed by atoms with van der Waals surface area (Å²) in [4.78, 5) is 11.9. The lowest BCUT2D eigenvalue weighted by Crippen LogP contribution is -2.44. The number of carbonyl (C=O) groups is 1. The maximum atomic E-state index is 11.9. The first-order valence-electron chi connectivity index (χ1n) is 7.48. The molecule has 0 saturated carbocycles. The second kappa shape index (κ2) is 8.31. The Bertz CT molecular complexity index is 624. The summed E-state index contributed by atoms with van der Waals surface area (Å²) in [5.74, 6) is 0.317. The van der Waals surface area contributed by atoms with E-state index in [1.165, 1.54) is 5.56 Å². The van der Waals surface area contributed by atoms with Gasteiger partial charge >= 0.3 is 0 Å². The number of hydrogen-bond donors (Lipinski definition) is 3. The number of aryl methyl sites for hydroxylation is 1. The molecule has 0 spiro atoms. The monoisotopic (exact) mass is 314 g/mol. The summed E-state index contributed by atoms with van der Waals surface area (Å²) in [6.07, 6.45) is 0.474. The van der Waals surface area contributed by atoms with Crippen molar-refractivity contribution in [2.24, 2.45) is 0 Å². The fourth-order valence-electron chi connectivity index (χ4n) is 2.28. The summed E-state index contributed by atoms with van der Waals surface area (Å²) in [7, 11) is 1.61. The number of methoxy groups -OCH3 is 1. The standard InChI is InChI=1S/C18H22N2O3/c1-13-3-5-15(6-4-13)12-19-17(18(21)20-22)11-14-7-9-16(23-2)10-8-14/h3-10,17,19,22H,11-12H2,1-2H3,(H,20,21). The van der Waals surface area contributed by atoms with Crippen molar-refractivity contribution in [2.45, 2.75) is 25.9 Å². The predicted octanol–water partition coefficient (Wildman–Crippen LogP) is 2.21. The topological polar surface area (TPSA) is 70.6 Å². The van der Waals surface area contributed by atoms with Gasteiger partial charge in [0, 0.05) is 6.54 Å². The first kappa shape index (κ1) is 17.0. The molecule has 0 saturated heterocycles. The minimum atomic E-state index is -0.519. The molecule has 2 rings (SSSR count). The Morgan fingerprint density at radius 2 is 1.70 bits per heavy atom. The van der Waals surface area contributed by atoms with Gasteiger partial charge in [0.1, 0.15) is 5.75 Å². The Labute approximate surface area is 136 Å². The number of carbonyl (C=O) groups excluding carboxylic acids is 1. The van der Waals surface area contributed by atoms with Crippen molar-refractivity contribution in [2.75, 3.05) is 7.11 Å². The highest BCUT2D eigenvalue weighted by Gasteiger charge is 2.18. The van der Waals surface area contributed by atoms with Crippen LogP contribution in [0.4, 0.5) is 0 Å². The van der Waals surface area contributed by atoms with Crippen LogP contribution in [0.15, 0.2) is 48.5 Å². The highest BCUT2D eigenvalue weighted by atomic mass is 16.5. The van der Waals surface area contributed by atoms with E-state index in [2.05, 4.69) is 5.32 Å². The van der Waals surface area contributed by atoms with Crippen LogP contribution in [-0.4, -0.2) is 24.3 Å². The van der Waals surface area contributed by atoms with E-state index in [1.54, 1.807) is 12.6 Å². The summed E-state index contributed by atoms with van der Waals surface area (Å²) in [6.45, 7) is 2.58. The Kier molecular flexibility index (Phi) is 6.14. The van der Waals surface area contributed by atoms with Gasteiger partial charge in [0.25, 0.3) is 5.91 Å². The fraction of sp³-hybridized carbons (Fsp3) is 0.278. The van der Waals surface area contributed by atoms with Gasteiger partial charge in [0.2, 0.25) is 0 Å². The highest BCUT2D eigenvalue weighted by Crippen LogP contribution is 2.13. The molecule has 5 nitrogen and oxygen atoms in total. The third kappa shape index (κ3) is 5.09. The van der Waals surface area contributed by atoms with Crippen LogP contribution >= 0.6 is 0 Å². The zero-order valence-electron chi connectivity index (χ0n) is 13.4. The maximum absolute atomic E-state index is 11.9. The third-order valence-electron chi connectivity index (χ3n) is 3.70. The first-order valence-corrected chi connectivity index (χ1v) is 7.48. The summed E-state index contributed by atoms with van der Waals surface area (Å²) in [5.41, 5.74) is 4.99. The van der Waals surface area contributed by atoms with Crippen LogP contribution in [0.2, 0.25) is 0 Å². The molecule has 3 N–H and O–H groups in total. The molecule has 0 fully saturated rings. The lowest BCUT2D eigenvalue weighted by Gasteiger charge is -2.17. The number of amides is 1. The van der Waals surface area contributed by atoms with E-state index in [9.17, 15) is 4.79 Å². The van der Waals surface area contributed by atoms with Gasteiger partial charge in [-0.05, 0) is 36.6 Å². The lowest BCUT2D eigenvalue weighted by molar-refractivity contribution is -0.131. The number of nitrogens with one attached hydrogen (secondary N) is 2. The molecule has 1 unspecified atom stereocenters. The average Bonchev–Trinajstić information content (AvgIpc) is 2.59. The van der Waals surface area contributed by atoms with E-state index in [0.717, 1.165) is 16.9 Å². The molecular formula is C18H22N2O3. The number of hydroxylamine groups is 1. The molecule has 0 aliphatic rings. The Morgan fingerprint density at radius 3 is 2.26 bits per heavy atom. The van der Waals surface area contributed by atoms with Crippen LogP contribution in [0, 0.1) is 6.92 Å². The molecule has 0 heterocycles. The molecule has 2 aromatic carbocycles. The first-order chi connectivity index (χ1) is 11.1. The highest BCUT2D eigenvalue weighted by molar-refractivity contribution is 5.80. The zero-order chi connectivity index (χ0) is 16.7. The Hall–Kier alpha value is -2.37. The van der Waals surface area contributed by atoms with Gasteiger partial charge in [-0.3, -0.25) is 10.0 Å². The van der Waals surface area contributed by atoms with E-state index in [4.69, 9.17) is 9.94 Å². The van der Waals surface area contributed by atoms with Crippen molar-refractivity contribution in [3.8, 4) is 5.75 Å². The van der Waals surface area contributed by atoms with E-state index < -0.39 is 11.9 Å². The van der Waals surface area contributed by atoms with Gasteiger partial charge in [-0.25, -0.2) is 5.48 Å². The maximum Gasteiger partial charge on any atom is 0.260 e. The van der Waals surface area contributed by atoms with Crippen molar-refractivity contribution < 1.29 is 14.7 Å². The van der Waals surface area contributed by atoms with E-state index >= 15 is 0 Å².